The average Bonchev–Trinajstić information content (AvgIpc) is 3.33. The van der Waals surface area contributed by atoms with Crippen LogP contribution in [-0.2, 0) is 33.3 Å². The smallest absolute Gasteiger partial charge is 0.316 e. The number of esters is 2. The van der Waals surface area contributed by atoms with Gasteiger partial charge in [-0.3, -0.25) is 9.59 Å². The number of aliphatic hydroxyl groups is 1. The molecule has 10 atom stereocenters. The van der Waals surface area contributed by atoms with Crippen molar-refractivity contribution in [3.05, 3.63) is 47.1 Å². The lowest BCUT2D eigenvalue weighted by Gasteiger charge is -2.50. The Morgan fingerprint density at radius 3 is 2.70 bits per heavy atom. The minimum absolute atomic E-state index is 0.0531. The SMILES string of the molecule is CCCCC(=O)O[C@@H]1C(C)=C[C@H]2C(=O)O[C@H]3C[C@@H](C/C=C(\C)C[C@@H](C)/C=C/C=C4\CO[C@H]1[C@@]42O)O[C@@]1(CC[C@H](C)[C@@H](C(C)C)O1)C3. The molecule has 256 valence electrons. The molecule has 4 aliphatic heterocycles. The normalized spacial score (nSPS) is 43.1. The first-order valence-electron chi connectivity index (χ1n) is 17.7. The number of unbranched alkanes of at least 4 members (excludes halogenated alkanes) is 1. The molecule has 0 aromatic carbocycles. The van der Waals surface area contributed by atoms with E-state index in [4.69, 9.17) is 23.7 Å². The van der Waals surface area contributed by atoms with Crippen molar-refractivity contribution in [2.24, 2.45) is 23.7 Å². The molecule has 8 nitrogen and oxygen atoms in total. The van der Waals surface area contributed by atoms with Crippen molar-refractivity contribution in [3.8, 4) is 0 Å². The van der Waals surface area contributed by atoms with E-state index in [2.05, 4.69) is 46.8 Å². The highest BCUT2D eigenvalue weighted by molar-refractivity contribution is 5.79. The summed E-state index contributed by atoms with van der Waals surface area (Å²) in [7, 11) is 0. The van der Waals surface area contributed by atoms with Gasteiger partial charge in [-0.05, 0) is 68.4 Å². The van der Waals surface area contributed by atoms with Crippen LogP contribution >= 0.6 is 0 Å². The van der Waals surface area contributed by atoms with E-state index in [-0.39, 0.29) is 30.7 Å². The Bertz CT molecular complexity index is 1250. The van der Waals surface area contributed by atoms with Crippen molar-refractivity contribution in [2.75, 3.05) is 6.61 Å². The van der Waals surface area contributed by atoms with Gasteiger partial charge < -0.3 is 28.8 Å². The van der Waals surface area contributed by atoms with E-state index in [1.54, 1.807) is 6.08 Å². The molecule has 4 heterocycles. The third-order valence-electron chi connectivity index (χ3n) is 10.6. The van der Waals surface area contributed by atoms with Crippen molar-refractivity contribution in [1.82, 2.24) is 0 Å². The zero-order chi connectivity index (χ0) is 33.2. The fourth-order valence-electron chi connectivity index (χ4n) is 8.14. The molecule has 0 unspecified atom stereocenters. The quantitative estimate of drug-likeness (QED) is 0.256. The van der Waals surface area contributed by atoms with Crippen LogP contribution < -0.4 is 0 Å². The maximum Gasteiger partial charge on any atom is 0.316 e. The first-order chi connectivity index (χ1) is 21.8. The molecule has 3 saturated heterocycles. The minimum atomic E-state index is -1.73. The second kappa shape index (κ2) is 14.5. The Balaban J connectivity index is 1.50. The Kier molecular flexibility index (Phi) is 11.0. The van der Waals surface area contributed by atoms with E-state index < -0.39 is 41.6 Å². The number of carbonyl (C=O) groups excluding carboxylic acids is 2. The van der Waals surface area contributed by atoms with Crippen molar-refractivity contribution >= 4 is 11.9 Å². The molecule has 46 heavy (non-hydrogen) atoms. The Morgan fingerprint density at radius 1 is 1.17 bits per heavy atom. The number of allylic oxidation sites excluding steroid dienone is 4. The first kappa shape index (κ1) is 35.1. The maximum absolute atomic E-state index is 14.3. The summed E-state index contributed by atoms with van der Waals surface area (Å²) in [5, 5.41) is 12.5. The molecule has 0 aromatic rings. The van der Waals surface area contributed by atoms with Gasteiger partial charge in [-0.2, -0.15) is 0 Å². The van der Waals surface area contributed by atoms with Crippen molar-refractivity contribution in [3.63, 3.8) is 0 Å². The molecule has 8 heteroatoms. The van der Waals surface area contributed by atoms with Gasteiger partial charge in [-0.25, -0.2) is 0 Å². The van der Waals surface area contributed by atoms with Crippen molar-refractivity contribution in [1.29, 1.82) is 0 Å². The van der Waals surface area contributed by atoms with Gasteiger partial charge in [-0.1, -0.05) is 77.0 Å². The first-order valence-corrected chi connectivity index (χ1v) is 17.7. The summed E-state index contributed by atoms with van der Waals surface area (Å²) in [6.45, 7) is 14.9. The van der Waals surface area contributed by atoms with E-state index in [1.165, 1.54) is 5.57 Å². The van der Waals surface area contributed by atoms with Crippen LogP contribution in [0.5, 0.6) is 0 Å². The van der Waals surface area contributed by atoms with Crippen LogP contribution in [0, 0.1) is 23.7 Å². The summed E-state index contributed by atoms with van der Waals surface area (Å²) in [5.41, 5.74) is 0.795. The molecule has 5 aliphatic rings. The van der Waals surface area contributed by atoms with Crippen LogP contribution in [0.15, 0.2) is 47.1 Å². The molecule has 0 aromatic heterocycles. The molecule has 2 bridgehead atoms. The highest BCUT2D eigenvalue weighted by Gasteiger charge is 2.61. The highest BCUT2D eigenvalue weighted by Crippen LogP contribution is 2.48. The Labute approximate surface area is 275 Å². The van der Waals surface area contributed by atoms with Gasteiger partial charge in [0.25, 0.3) is 0 Å². The number of rotatable bonds is 5. The fraction of sp³-hybridized carbons (Fsp3) is 0.737. The topological polar surface area (TPSA) is 101 Å². The number of hydrogen-bond donors (Lipinski definition) is 1. The largest absolute Gasteiger partial charge is 0.462 e. The van der Waals surface area contributed by atoms with Gasteiger partial charge in [0.2, 0.25) is 0 Å². The van der Waals surface area contributed by atoms with E-state index in [0.717, 1.165) is 32.1 Å². The van der Waals surface area contributed by atoms with E-state index in [1.807, 2.05) is 26.0 Å². The van der Waals surface area contributed by atoms with Crippen LogP contribution in [0.2, 0.25) is 0 Å². The molecule has 3 fully saturated rings. The Hall–Kier alpha value is -2.26. The van der Waals surface area contributed by atoms with Gasteiger partial charge in [-0.15, -0.1) is 0 Å². The monoisotopic (exact) mass is 640 g/mol. The van der Waals surface area contributed by atoms with Crippen molar-refractivity contribution < 1.29 is 38.4 Å². The van der Waals surface area contributed by atoms with E-state index in [9.17, 15) is 14.7 Å². The summed E-state index contributed by atoms with van der Waals surface area (Å²) < 4.78 is 32.0. The van der Waals surface area contributed by atoms with Crippen LogP contribution in [0.3, 0.4) is 0 Å². The zero-order valence-electron chi connectivity index (χ0n) is 29.0. The molecular formula is C38H56O8. The molecule has 0 saturated carbocycles. The standard InChI is InChI=1S/C38H56O8/c1-8-9-13-32(39)44-34-27(7)19-31-36(40)43-30-20-29(45-37(21-30)17-16-26(6)33(46-37)23(2)3)15-14-25(5)18-24(4)11-10-12-28-22-42-35(34)38(28,31)41/h10-12,14,19,23-24,26,29-31,33-35,41H,8-9,13,15-18,20-22H2,1-7H3/b11-10+,25-14+,28-12+/t24-,26-,29+,30-,31-,33+,34+,35+,37+,38+/m0/s1. The highest BCUT2D eigenvalue weighted by atomic mass is 16.7. The van der Waals surface area contributed by atoms with Gasteiger partial charge in [0, 0.05) is 25.7 Å². The van der Waals surface area contributed by atoms with Gasteiger partial charge in [0.05, 0.1) is 18.8 Å². The third kappa shape index (κ3) is 7.40. The lowest BCUT2D eigenvalue weighted by atomic mass is 9.70. The molecule has 0 radical (unpaired) electrons. The molecular weight excluding hydrogens is 584 g/mol. The molecule has 1 N–H and O–H groups in total. The maximum atomic E-state index is 14.3. The van der Waals surface area contributed by atoms with Gasteiger partial charge in [0.15, 0.2) is 11.9 Å². The number of carbonyl (C=O) groups is 2. The lowest BCUT2D eigenvalue weighted by Crippen LogP contribution is -2.59. The summed E-state index contributed by atoms with van der Waals surface area (Å²) >= 11 is 0. The number of ether oxygens (including phenoxy) is 5. The summed E-state index contributed by atoms with van der Waals surface area (Å²) in [5.74, 6) is -1.69. The summed E-state index contributed by atoms with van der Waals surface area (Å²) in [6, 6.07) is 0. The predicted octanol–water partition coefficient (Wildman–Crippen LogP) is 6.91. The summed E-state index contributed by atoms with van der Waals surface area (Å²) in [6.07, 6.45) is 13.8. The van der Waals surface area contributed by atoms with E-state index >= 15 is 0 Å². The molecule has 1 spiro atoms. The third-order valence-corrected chi connectivity index (χ3v) is 10.6. The second-order valence-corrected chi connectivity index (χ2v) is 15.0. The molecule has 1 aliphatic carbocycles. The van der Waals surface area contributed by atoms with Gasteiger partial charge in [0.1, 0.15) is 23.7 Å². The van der Waals surface area contributed by atoms with Crippen LogP contribution in [0.4, 0.5) is 0 Å². The van der Waals surface area contributed by atoms with Crippen LogP contribution in [-0.4, -0.2) is 65.6 Å². The molecule has 0 amide bonds. The van der Waals surface area contributed by atoms with E-state index in [0.29, 0.717) is 48.7 Å². The summed E-state index contributed by atoms with van der Waals surface area (Å²) in [4.78, 5) is 27.0. The zero-order valence-corrected chi connectivity index (χ0v) is 29.0. The molecule has 5 rings (SSSR count). The lowest BCUT2D eigenvalue weighted by molar-refractivity contribution is -0.340. The number of fused-ring (bicyclic) bond motifs is 2. The average molecular weight is 641 g/mol. The van der Waals surface area contributed by atoms with Crippen LogP contribution in [0.1, 0.15) is 106 Å². The van der Waals surface area contributed by atoms with Gasteiger partial charge >= 0.3 is 11.9 Å². The van der Waals surface area contributed by atoms with Crippen molar-refractivity contribution in [2.45, 2.75) is 148 Å². The van der Waals surface area contributed by atoms with Crippen LogP contribution in [0.25, 0.3) is 0 Å². The Morgan fingerprint density at radius 2 is 1.96 bits per heavy atom. The minimum Gasteiger partial charge on any atom is -0.462 e. The fourth-order valence-corrected chi connectivity index (χ4v) is 8.14. The predicted molar refractivity (Wildman–Crippen MR) is 176 cm³/mol. The second-order valence-electron chi connectivity index (χ2n) is 15.0. The number of hydrogen-bond acceptors (Lipinski definition) is 8.